The van der Waals surface area contributed by atoms with Crippen LogP contribution in [0.5, 0.6) is 0 Å². The molecule has 4 rings (SSSR count). The molecule has 3 heterocycles. The van der Waals surface area contributed by atoms with E-state index in [1.54, 1.807) is 7.11 Å². The van der Waals surface area contributed by atoms with Crippen LogP contribution in [-0.2, 0) is 11.3 Å². The molecule has 10 heteroatoms. The first-order valence-corrected chi connectivity index (χ1v) is 11.8. The first kappa shape index (κ1) is 23.3. The second-order valence-electron chi connectivity index (χ2n) is 9.14. The normalized spacial score (nSPS) is 18.8. The Morgan fingerprint density at radius 1 is 1.27 bits per heavy atom. The molecular formula is C23H34N8O2. The maximum atomic E-state index is 14.0. The number of methoxy groups -OCH3 is 1. The lowest BCUT2D eigenvalue weighted by atomic mass is 9.93. The van der Waals surface area contributed by atoms with E-state index in [2.05, 4.69) is 44.4 Å². The monoisotopic (exact) mass is 454 g/mol. The average molecular weight is 455 g/mol. The second kappa shape index (κ2) is 10.8. The van der Waals surface area contributed by atoms with Crippen molar-refractivity contribution in [3.8, 4) is 0 Å². The summed E-state index contributed by atoms with van der Waals surface area (Å²) in [6.45, 7) is 7.90. The van der Waals surface area contributed by atoms with E-state index in [1.165, 1.54) is 0 Å². The molecule has 2 atom stereocenters. The molecule has 1 aliphatic rings. The van der Waals surface area contributed by atoms with Crippen LogP contribution in [-0.4, -0.2) is 80.4 Å². The molecule has 0 bridgehead atoms. The number of aromatic nitrogens is 6. The largest absolute Gasteiger partial charge is 0.385 e. The number of nitrogens with zero attached hydrogens (tertiary/aromatic N) is 6. The summed E-state index contributed by atoms with van der Waals surface area (Å²) >= 11 is 0. The third-order valence-electron chi connectivity index (χ3n) is 6.14. The SMILES string of the molecule is COCCCCn1c(C(=O)N(CC(C)C)[C@@H]2CNCC(c3nn[nH]n3)C2)nc2ccccc21. The van der Waals surface area contributed by atoms with Crippen molar-refractivity contribution in [1.82, 2.24) is 40.4 Å². The van der Waals surface area contributed by atoms with Gasteiger partial charge in [0.25, 0.3) is 5.91 Å². The highest BCUT2D eigenvalue weighted by Gasteiger charge is 2.34. The highest BCUT2D eigenvalue weighted by molar-refractivity contribution is 5.95. The molecular weight excluding hydrogens is 420 g/mol. The van der Waals surface area contributed by atoms with Gasteiger partial charge in [-0.05, 0) is 37.3 Å². The van der Waals surface area contributed by atoms with Crippen LogP contribution in [0.4, 0.5) is 0 Å². The van der Waals surface area contributed by atoms with Crippen LogP contribution in [0.25, 0.3) is 11.0 Å². The lowest BCUT2D eigenvalue weighted by Gasteiger charge is -2.38. The molecule has 1 amide bonds. The summed E-state index contributed by atoms with van der Waals surface area (Å²) in [5, 5.41) is 18.1. The highest BCUT2D eigenvalue weighted by Crippen LogP contribution is 2.26. The Morgan fingerprint density at radius 3 is 2.88 bits per heavy atom. The van der Waals surface area contributed by atoms with Crippen LogP contribution in [0.2, 0.25) is 0 Å². The molecule has 2 aromatic heterocycles. The number of rotatable bonds is 10. The molecule has 3 aromatic rings. The maximum Gasteiger partial charge on any atom is 0.290 e. The molecule has 1 aromatic carbocycles. The van der Waals surface area contributed by atoms with Crippen molar-refractivity contribution in [3.63, 3.8) is 0 Å². The fraction of sp³-hybridized carbons (Fsp3) is 0.609. The Morgan fingerprint density at radius 2 is 2.12 bits per heavy atom. The third kappa shape index (κ3) is 5.39. The number of nitrogens with one attached hydrogen (secondary N) is 2. The number of unbranched alkanes of at least 4 members (excludes halogenated alkanes) is 1. The number of aromatic amines is 1. The molecule has 0 aliphatic carbocycles. The van der Waals surface area contributed by atoms with Crippen LogP contribution in [0.1, 0.15) is 55.5 Å². The van der Waals surface area contributed by atoms with E-state index in [9.17, 15) is 4.79 Å². The highest BCUT2D eigenvalue weighted by atomic mass is 16.5. The number of hydrogen-bond donors (Lipinski definition) is 2. The topological polar surface area (TPSA) is 114 Å². The second-order valence-corrected chi connectivity index (χ2v) is 9.14. The number of amides is 1. The minimum Gasteiger partial charge on any atom is -0.385 e. The lowest BCUT2D eigenvalue weighted by molar-refractivity contribution is 0.0590. The number of ether oxygens (including phenoxy) is 1. The van der Waals surface area contributed by atoms with Crippen molar-refractivity contribution in [2.45, 2.75) is 51.6 Å². The predicted molar refractivity (Wildman–Crippen MR) is 125 cm³/mol. The number of para-hydroxylation sites is 2. The summed E-state index contributed by atoms with van der Waals surface area (Å²) in [5.41, 5.74) is 1.85. The van der Waals surface area contributed by atoms with Gasteiger partial charge in [0.05, 0.1) is 11.0 Å². The smallest absolute Gasteiger partial charge is 0.290 e. The standard InChI is InChI=1S/C23H34N8O2/c1-16(2)15-31(18-12-17(13-24-14-18)21-26-28-29-27-21)23(32)22-25-19-8-4-5-9-20(19)30(22)10-6-7-11-33-3/h4-5,8-9,16-18,24H,6-7,10-15H2,1-3H3,(H,26,27,28,29)/t17?,18-/m0/s1. The molecule has 1 unspecified atom stereocenters. The van der Waals surface area contributed by atoms with E-state index in [0.717, 1.165) is 49.9 Å². The summed E-state index contributed by atoms with van der Waals surface area (Å²) in [6.07, 6.45) is 2.65. The summed E-state index contributed by atoms with van der Waals surface area (Å²) in [5.74, 6) is 1.62. The number of fused-ring (bicyclic) bond motifs is 1. The molecule has 0 saturated carbocycles. The fourth-order valence-electron chi connectivity index (χ4n) is 4.60. The zero-order valence-corrected chi connectivity index (χ0v) is 19.7. The van der Waals surface area contributed by atoms with Gasteiger partial charge in [0.15, 0.2) is 11.6 Å². The van der Waals surface area contributed by atoms with Crippen molar-refractivity contribution >= 4 is 16.9 Å². The van der Waals surface area contributed by atoms with Crippen molar-refractivity contribution in [2.24, 2.45) is 5.92 Å². The predicted octanol–water partition coefficient (Wildman–Crippen LogP) is 2.22. The number of hydrogen-bond acceptors (Lipinski definition) is 7. The molecule has 10 nitrogen and oxygen atoms in total. The minimum atomic E-state index is -0.0211. The van der Waals surface area contributed by atoms with Gasteiger partial charge in [0, 0.05) is 51.9 Å². The van der Waals surface area contributed by atoms with Gasteiger partial charge < -0.3 is 19.5 Å². The molecule has 2 N–H and O–H groups in total. The fourth-order valence-corrected chi connectivity index (χ4v) is 4.60. The van der Waals surface area contributed by atoms with Crippen LogP contribution in [0.3, 0.4) is 0 Å². The Kier molecular flexibility index (Phi) is 7.66. The maximum absolute atomic E-state index is 14.0. The van der Waals surface area contributed by atoms with E-state index < -0.39 is 0 Å². The number of carbonyl (C=O) groups excluding carboxylic acids is 1. The Labute approximate surface area is 194 Å². The van der Waals surface area contributed by atoms with Crippen molar-refractivity contribution in [3.05, 3.63) is 35.9 Å². The quantitative estimate of drug-likeness (QED) is 0.452. The molecule has 178 valence electrons. The van der Waals surface area contributed by atoms with E-state index in [0.29, 0.717) is 30.7 Å². The third-order valence-corrected chi connectivity index (χ3v) is 6.14. The summed E-state index contributed by atoms with van der Waals surface area (Å²) < 4.78 is 7.28. The summed E-state index contributed by atoms with van der Waals surface area (Å²) in [6, 6.07) is 8.00. The van der Waals surface area contributed by atoms with Gasteiger partial charge in [-0.25, -0.2) is 4.98 Å². The van der Waals surface area contributed by atoms with E-state index in [4.69, 9.17) is 9.72 Å². The summed E-state index contributed by atoms with van der Waals surface area (Å²) in [4.78, 5) is 20.8. The Hall–Kier alpha value is -2.85. The van der Waals surface area contributed by atoms with E-state index in [-0.39, 0.29) is 17.9 Å². The van der Waals surface area contributed by atoms with Crippen LogP contribution >= 0.6 is 0 Å². The van der Waals surface area contributed by atoms with Gasteiger partial charge in [-0.15, -0.1) is 10.2 Å². The van der Waals surface area contributed by atoms with Crippen LogP contribution in [0.15, 0.2) is 24.3 Å². The van der Waals surface area contributed by atoms with Gasteiger partial charge in [-0.3, -0.25) is 4.79 Å². The first-order chi connectivity index (χ1) is 16.1. The number of benzene rings is 1. The number of piperidine rings is 1. The zero-order valence-electron chi connectivity index (χ0n) is 19.7. The van der Waals surface area contributed by atoms with Crippen LogP contribution < -0.4 is 5.32 Å². The van der Waals surface area contributed by atoms with E-state index in [1.807, 2.05) is 29.2 Å². The number of aryl methyl sites for hydroxylation is 1. The van der Waals surface area contributed by atoms with Crippen molar-refractivity contribution in [1.29, 1.82) is 0 Å². The van der Waals surface area contributed by atoms with Crippen LogP contribution in [0, 0.1) is 5.92 Å². The van der Waals surface area contributed by atoms with Gasteiger partial charge in [0.1, 0.15) is 0 Å². The Bertz CT molecular complexity index is 1030. The molecule has 0 radical (unpaired) electrons. The van der Waals surface area contributed by atoms with E-state index >= 15 is 0 Å². The molecule has 33 heavy (non-hydrogen) atoms. The molecule has 1 aliphatic heterocycles. The lowest BCUT2D eigenvalue weighted by Crippen LogP contribution is -2.52. The van der Waals surface area contributed by atoms with Crippen molar-refractivity contribution in [2.75, 3.05) is 33.4 Å². The number of tetrazole rings is 1. The minimum absolute atomic E-state index is 0.0211. The Balaban J connectivity index is 1.62. The number of carbonyl (C=O) groups is 1. The van der Waals surface area contributed by atoms with Gasteiger partial charge in [0.2, 0.25) is 0 Å². The average Bonchev–Trinajstić information content (AvgIpc) is 3.48. The zero-order chi connectivity index (χ0) is 23.2. The van der Waals surface area contributed by atoms with Gasteiger partial charge in [-0.1, -0.05) is 31.2 Å². The molecule has 0 spiro atoms. The van der Waals surface area contributed by atoms with Gasteiger partial charge >= 0.3 is 0 Å². The van der Waals surface area contributed by atoms with Crippen molar-refractivity contribution < 1.29 is 9.53 Å². The summed E-state index contributed by atoms with van der Waals surface area (Å²) in [7, 11) is 1.71. The number of imidazole rings is 1. The number of H-pyrrole nitrogens is 1. The molecule has 1 fully saturated rings. The molecule has 1 saturated heterocycles. The first-order valence-electron chi connectivity index (χ1n) is 11.8. The van der Waals surface area contributed by atoms with Gasteiger partial charge in [-0.2, -0.15) is 5.21 Å².